The summed E-state index contributed by atoms with van der Waals surface area (Å²) in [5.74, 6) is -0.401. The number of esters is 1. The molecule has 0 heterocycles. The summed E-state index contributed by atoms with van der Waals surface area (Å²) in [6.45, 7) is 2.11. The van der Waals surface area contributed by atoms with Crippen LogP contribution in [0.3, 0.4) is 0 Å². The molecular weight excluding hydrogens is 304 g/mol. The molecular formula is C17H17ClO2S. The van der Waals surface area contributed by atoms with Crippen LogP contribution in [0.2, 0.25) is 0 Å². The van der Waals surface area contributed by atoms with E-state index >= 15 is 0 Å². The molecule has 0 N–H and O–H groups in total. The van der Waals surface area contributed by atoms with Crippen LogP contribution in [-0.4, -0.2) is 18.8 Å². The number of rotatable bonds is 5. The Morgan fingerprint density at radius 1 is 1.19 bits per heavy atom. The molecule has 1 unspecified atom stereocenters. The topological polar surface area (TPSA) is 26.3 Å². The predicted molar refractivity (Wildman–Crippen MR) is 88.9 cm³/mol. The van der Waals surface area contributed by atoms with Crippen LogP contribution in [0.4, 0.5) is 0 Å². The second-order valence-corrected chi connectivity index (χ2v) is 5.72. The summed E-state index contributed by atoms with van der Waals surface area (Å²) in [5.41, 5.74) is 3.04. The third-order valence-corrected chi connectivity index (χ3v) is 4.31. The average Bonchev–Trinajstić information content (AvgIpc) is 2.54. The SMILES string of the molecule is CCOC(=O)C(Cl)c1ccc(-c2ccccc2)cc1SC. The van der Waals surface area contributed by atoms with Crippen LogP contribution in [-0.2, 0) is 9.53 Å². The number of alkyl halides is 1. The molecule has 1 atom stereocenters. The first kappa shape index (κ1) is 15.9. The monoisotopic (exact) mass is 320 g/mol. The molecule has 2 aromatic rings. The van der Waals surface area contributed by atoms with Gasteiger partial charge in [0.25, 0.3) is 0 Å². The van der Waals surface area contributed by atoms with Gasteiger partial charge in [-0.2, -0.15) is 0 Å². The summed E-state index contributed by atoms with van der Waals surface area (Å²) in [6, 6.07) is 16.1. The van der Waals surface area contributed by atoms with Crippen molar-refractivity contribution in [1.82, 2.24) is 0 Å². The van der Waals surface area contributed by atoms with Gasteiger partial charge in [-0.1, -0.05) is 42.5 Å². The summed E-state index contributed by atoms with van der Waals surface area (Å²) in [6.07, 6.45) is 1.97. The van der Waals surface area contributed by atoms with Crippen molar-refractivity contribution in [2.45, 2.75) is 17.2 Å². The zero-order chi connectivity index (χ0) is 15.2. The standard InChI is InChI=1S/C17H17ClO2S/c1-3-20-17(19)16(18)14-10-9-13(11-15(14)21-2)12-7-5-4-6-8-12/h4-11,16H,3H2,1-2H3. The molecule has 21 heavy (non-hydrogen) atoms. The number of carbonyl (C=O) groups is 1. The fourth-order valence-electron chi connectivity index (χ4n) is 2.07. The minimum atomic E-state index is -0.766. The quantitative estimate of drug-likeness (QED) is 0.444. The van der Waals surface area contributed by atoms with Crippen LogP contribution in [0.5, 0.6) is 0 Å². The van der Waals surface area contributed by atoms with E-state index in [1.807, 2.05) is 36.6 Å². The highest BCUT2D eigenvalue weighted by atomic mass is 35.5. The Morgan fingerprint density at radius 3 is 2.52 bits per heavy atom. The molecule has 2 rings (SSSR count). The lowest BCUT2D eigenvalue weighted by molar-refractivity contribution is -0.142. The van der Waals surface area contributed by atoms with E-state index in [1.54, 1.807) is 18.7 Å². The highest BCUT2D eigenvalue weighted by Crippen LogP contribution is 2.34. The lowest BCUT2D eigenvalue weighted by Crippen LogP contribution is -2.11. The minimum Gasteiger partial charge on any atom is -0.465 e. The number of benzene rings is 2. The molecule has 4 heteroatoms. The third-order valence-electron chi connectivity index (χ3n) is 3.11. The fourth-order valence-corrected chi connectivity index (χ4v) is 3.06. The van der Waals surface area contributed by atoms with Crippen molar-refractivity contribution in [3.8, 4) is 11.1 Å². The molecule has 0 saturated heterocycles. The van der Waals surface area contributed by atoms with Gasteiger partial charge < -0.3 is 4.74 Å². The molecule has 2 nitrogen and oxygen atoms in total. The van der Waals surface area contributed by atoms with Crippen LogP contribution < -0.4 is 0 Å². The molecule has 0 radical (unpaired) electrons. The van der Waals surface area contributed by atoms with Gasteiger partial charge in [0.2, 0.25) is 0 Å². The molecule has 0 spiro atoms. The molecule has 0 aliphatic heterocycles. The summed E-state index contributed by atoms with van der Waals surface area (Å²) < 4.78 is 4.99. The largest absolute Gasteiger partial charge is 0.465 e. The van der Waals surface area contributed by atoms with E-state index in [4.69, 9.17) is 16.3 Å². The molecule has 0 saturated carbocycles. The number of ether oxygens (including phenoxy) is 1. The van der Waals surface area contributed by atoms with Crippen molar-refractivity contribution in [2.24, 2.45) is 0 Å². The van der Waals surface area contributed by atoms with Crippen LogP contribution in [0.15, 0.2) is 53.4 Å². The molecule has 0 fully saturated rings. The summed E-state index contributed by atoms with van der Waals surface area (Å²) in [4.78, 5) is 12.8. The smallest absolute Gasteiger partial charge is 0.328 e. The number of halogens is 1. The summed E-state index contributed by atoms with van der Waals surface area (Å²) >= 11 is 7.81. The Bertz CT molecular complexity index is 613. The van der Waals surface area contributed by atoms with E-state index < -0.39 is 11.3 Å². The Morgan fingerprint density at radius 2 is 1.90 bits per heavy atom. The first-order valence-electron chi connectivity index (χ1n) is 6.71. The van der Waals surface area contributed by atoms with E-state index in [0.29, 0.717) is 6.61 Å². The maximum absolute atomic E-state index is 11.8. The second-order valence-electron chi connectivity index (χ2n) is 4.44. The van der Waals surface area contributed by atoms with Crippen molar-refractivity contribution < 1.29 is 9.53 Å². The van der Waals surface area contributed by atoms with E-state index in [-0.39, 0.29) is 0 Å². The Kier molecular flexibility index (Phi) is 5.71. The maximum Gasteiger partial charge on any atom is 0.328 e. The lowest BCUT2D eigenvalue weighted by atomic mass is 10.0. The van der Waals surface area contributed by atoms with Crippen LogP contribution in [0, 0.1) is 0 Å². The number of thioether (sulfide) groups is 1. The van der Waals surface area contributed by atoms with Gasteiger partial charge in [0.15, 0.2) is 5.38 Å². The van der Waals surface area contributed by atoms with Gasteiger partial charge in [-0.15, -0.1) is 23.4 Å². The molecule has 0 aromatic heterocycles. The zero-order valence-electron chi connectivity index (χ0n) is 12.0. The van der Waals surface area contributed by atoms with Gasteiger partial charge in [-0.3, -0.25) is 4.79 Å². The average molecular weight is 321 g/mol. The fraction of sp³-hybridized carbons (Fsp3) is 0.235. The van der Waals surface area contributed by atoms with Gasteiger partial charge in [-0.05, 0) is 35.9 Å². The molecule has 0 bridgehead atoms. The number of carbonyl (C=O) groups excluding carboxylic acids is 1. The van der Waals surface area contributed by atoms with Crippen molar-refractivity contribution in [3.05, 3.63) is 54.1 Å². The zero-order valence-corrected chi connectivity index (χ0v) is 13.6. The van der Waals surface area contributed by atoms with E-state index in [9.17, 15) is 4.79 Å². The van der Waals surface area contributed by atoms with E-state index in [2.05, 4.69) is 18.2 Å². The Labute approximate surface area is 134 Å². The van der Waals surface area contributed by atoms with Gasteiger partial charge >= 0.3 is 5.97 Å². The number of hydrogen-bond acceptors (Lipinski definition) is 3. The normalized spacial score (nSPS) is 12.0. The van der Waals surface area contributed by atoms with Gasteiger partial charge in [0, 0.05) is 4.90 Å². The first-order valence-corrected chi connectivity index (χ1v) is 8.37. The van der Waals surface area contributed by atoms with Gasteiger partial charge in [0.1, 0.15) is 0 Å². The van der Waals surface area contributed by atoms with E-state index in [0.717, 1.165) is 21.6 Å². The highest BCUT2D eigenvalue weighted by Gasteiger charge is 2.22. The van der Waals surface area contributed by atoms with Gasteiger partial charge in [-0.25, -0.2) is 0 Å². The lowest BCUT2D eigenvalue weighted by Gasteiger charge is -2.14. The Balaban J connectivity index is 2.35. The Hall–Kier alpha value is -1.45. The molecule has 110 valence electrons. The maximum atomic E-state index is 11.8. The van der Waals surface area contributed by atoms with E-state index in [1.165, 1.54) is 0 Å². The second kappa shape index (κ2) is 7.53. The number of hydrogen-bond donors (Lipinski definition) is 0. The van der Waals surface area contributed by atoms with Crippen molar-refractivity contribution in [3.63, 3.8) is 0 Å². The molecule has 0 amide bonds. The highest BCUT2D eigenvalue weighted by molar-refractivity contribution is 7.98. The minimum absolute atomic E-state index is 0.332. The van der Waals surface area contributed by atoms with Crippen molar-refractivity contribution in [2.75, 3.05) is 12.9 Å². The third kappa shape index (κ3) is 3.80. The van der Waals surface area contributed by atoms with Crippen LogP contribution >= 0.6 is 23.4 Å². The molecule has 0 aliphatic rings. The summed E-state index contributed by atoms with van der Waals surface area (Å²) in [5, 5.41) is -0.766. The van der Waals surface area contributed by atoms with Crippen LogP contribution in [0.25, 0.3) is 11.1 Å². The summed E-state index contributed by atoms with van der Waals surface area (Å²) in [7, 11) is 0. The van der Waals surface area contributed by atoms with Crippen molar-refractivity contribution in [1.29, 1.82) is 0 Å². The van der Waals surface area contributed by atoms with Crippen molar-refractivity contribution >= 4 is 29.3 Å². The first-order chi connectivity index (χ1) is 10.2. The predicted octanol–water partition coefficient (Wildman–Crippen LogP) is 4.92. The van der Waals surface area contributed by atoms with Gasteiger partial charge in [0.05, 0.1) is 6.61 Å². The molecule has 0 aliphatic carbocycles. The molecule has 2 aromatic carbocycles. The van der Waals surface area contributed by atoms with Crippen LogP contribution in [0.1, 0.15) is 17.9 Å².